The number of esters is 1. The van der Waals surface area contributed by atoms with Gasteiger partial charge in [0.25, 0.3) is 0 Å². The van der Waals surface area contributed by atoms with Crippen molar-refractivity contribution < 1.29 is 102 Å². The number of hydrogen-bond donors (Lipinski definition) is 8. The number of carbonyl (C=O) groups excluding carboxylic acids is 5. The van der Waals surface area contributed by atoms with Crippen LogP contribution in [0.25, 0.3) is 0 Å². The number of amides is 2. The van der Waals surface area contributed by atoms with Gasteiger partial charge < -0.3 is 110 Å². The number of rotatable bonds is 21. The molecule has 0 saturated carbocycles. The van der Waals surface area contributed by atoms with E-state index in [9.17, 15) is 24.0 Å². The number of halogens is 6. The molecule has 0 unspecified atom stereocenters. The second-order valence-electron chi connectivity index (χ2n) is 36.6. The summed E-state index contributed by atoms with van der Waals surface area (Å²) in [6, 6.07) is 21.9. The first kappa shape index (κ1) is 137. The zero-order valence-corrected chi connectivity index (χ0v) is 87.8. The number of imidazole rings is 3. The fourth-order valence-electron chi connectivity index (χ4n) is 14.2. The van der Waals surface area contributed by atoms with E-state index in [-0.39, 0.29) is 108 Å². The quantitative estimate of drug-likeness (QED) is 0.00844. The number of aromatic amines is 1. The Labute approximate surface area is 864 Å². The fourth-order valence-corrected chi connectivity index (χ4v) is 14.6. The number of ether oxygens (including phenoxy) is 7. The van der Waals surface area contributed by atoms with Gasteiger partial charge in [0, 0.05) is 141 Å². The number of H-pyrrole nitrogens is 1. The smallest absolute Gasteiger partial charge is 1.00 e. The summed E-state index contributed by atoms with van der Waals surface area (Å²) >= 11 is 20.1. The van der Waals surface area contributed by atoms with Crippen molar-refractivity contribution in [3.8, 4) is 0 Å². The van der Waals surface area contributed by atoms with Gasteiger partial charge in [-0.1, -0.05) is 152 Å². The van der Waals surface area contributed by atoms with Gasteiger partial charge in [-0.25, -0.2) is 38.3 Å². The zero-order chi connectivity index (χ0) is 98.8. The second kappa shape index (κ2) is 77.0. The number of alkyl carbamates (subject to hydrolysis) is 1. The van der Waals surface area contributed by atoms with E-state index in [1.54, 1.807) is 58.8 Å². The number of alkyl halides is 4. The van der Waals surface area contributed by atoms with Crippen molar-refractivity contribution in [2.24, 2.45) is 23.5 Å². The first-order valence-corrected chi connectivity index (χ1v) is 50.2. The number of benzene rings is 2. The van der Waals surface area contributed by atoms with Crippen molar-refractivity contribution in [2.45, 2.75) is 317 Å². The third-order valence-corrected chi connectivity index (χ3v) is 21.9. The summed E-state index contributed by atoms with van der Waals surface area (Å²) in [7, 11) is 16.9. The molecule has 0 bridgehead atoms. The van der Waals surface area contributed by atoms with Crippen molar-refractivity contribution >= 4 is 125 Å². The van der Waals surface area contributed by atoms with E-state index in [0.717, 1.165) is 107 Å². The predicted octanol–water partition coefficient (Wildman–Crippen LogP) is 14.5. The molecule has 10 heterocycles. The van der Waals surface area contributed by atoms with E-state index in [2.05, 4.69) is 161 Å². The molecule has 7 aliphatic heterocycles. The summed E-state index contributed by atoms with van der Waals surface area (Å²) in [6.45, 7) is 39.9. The Morgan fingerprint density at radius 1 is 0.570 bits per heavy atom. The molecule has 7 fully saturated rings. The van der Waals surface area contributed by atoms with Gasteiger partial charge in [-0.15, -0.1) is 11.6 Å². The molecule has 12 rings (SSSR count). The average molecular weight is 2060 g/mol. The number of hydrogen-bond acceptors (Lipinski definition) is 26. The molecule has 9 N–H and O–H groups in total. The van der Waals surface area contributed by atoms with Gasteiger partial charge in [0.1, 0.15) is 47.5 Å². The average Bonchev–Trinajstić information content (AvgIpc) is 1.69. The summed E-state index contributed by atoms with van der Waals surface area (Å²) in [5.74, 6) is 4.40. The molecule has 0 aliphatic carbocycles. The van der Waals surface area contributed by atoms with Crippen LogP contribution in [0.2, 0.25) is 0 Å². The molecule has 2 amide bonds. The van der Waals surface area contributed by atoms with Gasteiger partial charge in [0.2, 0.25) is 9.23 Å². The van der Waals surface area contributed by atoms with Crippen molar-refractivity contribution in [3.05, 3.63) is 126 Å². The van der Waals surface area contributed by atoms with E-state index in [4.69, 9.17) is 105 Å². The molecular weight excluding hydrogens is 1890 g/mol. The number of nitrogens with one attached hydrogen (secondary N) is 3. The Morgan fingerprint density at radius 3 is 1.32 bits per heavy atom. The second-order valence-corrected chi connectivity index (χ2v) is 41.4. The molecule has 0 spiro atoms. The molecule has 135 heavy (non-hydrogen) atoms. The van der Waals surface area contributed by atoms with E-state index >= 15 is 0 Å². The summed E-state index contributed by atoms with van der Waals surface area (Å²) in [6.07, 6.45) is 25.6. The number of aromatic nitrogens is 6. The third-order valence-electron chi connectivity index (χ3n) is 21.5. The van der Waals surface area contributed by atoms with E-state index in [1.807, 2.05) is 100 Å². The number of aliphatic hydroxyl groups is 4. The topological polar surface area (TPSA) is 379 Å². The molecule has 2 aromatic carbocycles. The predicted molar refractivity (Wildman–Crippen MR) is 550 cm³/mol. The van der Waals surface area contributed by atoms with Crippen molar-refractivity contribution in [1.29, 1.82) is 0 Å². The first-order chi connectivity index (χ1) is 61.8. The number of likely N-dealkylation sites (tertiary alicyclic amines) is 5. The van der Waals surface area contributed by atoms with Crippen LogP contribution in [0.1, 0.15) is 263 Å². The van der Waals surface area contributed by atoms with Gasteiger partial charge >= 0.3 is 49.3 Å². The molecule has 0 radical (unpaired) electrons. The molecule has 3 aromatic heterocycles. The van der Waals surface area contributed by atoms with Crippen LogP contribution in [-0.2, 0) is 73.5 Å². The Balaban J connectivity index is -0.000000480. The standard InChI is InChI=1S/C21H30N4O2.C16H20N2O2.C13H24N4.C10H19NO3.C10H18O5.C6H12ClN.C6H13NO.C5H11NO.C4H8O.CHCl3.CH4O.2CH4.Al.Cl2OS.Li.4H/c1-16(2)19(23-21(26)27-15-17-8-5-4-6-9-17)20-22-11-13-25(20)14-18-10-7-12-24(18)3;1-12(2)14(16-17-8-9-18-16)10-15(19)20-11-13-6-4-3-5-7-13;1-10(2)12(14)13-15-6-8-17(13)9-11-5-4-7-16(11)3;1-10(2,3)14-9(13)11-6-4-5-8(11)7-12;1-9(2,3)14-7(11)13-8(12)15-10(4,5)6;1-8-4-2-3-6(8)5-7;1-7-4-2-3-6(7)5-8;7-4-5-2-1-3-6-5;1-2-4-5-3-1;2-1(3)4;1-2;;;;1-4(2)3;;;;;/h4-6,8-9,11,13,16,18-19H,7,10,12,14-15H2,1-3H3,(H,23,26);3-9,12,14H,10-11H2,1-2H3,(H,17,18);6,8,10-12H,4-5,7,9,14H2,1-3H3;8,12H,4-7H2,1-3H3;1-6H3;6H,2-5H2,1H3;6,8H,2-5H2,1H3;5-7H,1-4H2;1-4H2;1H;2H,1H3;2*1H4;;;;;;;/q;;;;;;;;;;;;;;;+1;;;;-1/t18-,19+;14-;11-,12+;8-;;2*6-;5-;;;;;;;;;;;;/m1011.111............/s1. The Hall–Kier alpha value is -4.60. The van der Waals surface area contributed by atoms with Crippen LogP contribution in [0.5, 0.6) is 0 Å². The van der Waals surface area contributed by atoms with Crippen molar-refractivity contribution in [1.82, 2.24) is 64.2 Å². The minimum Gasteiger partial charge on any atom is -1.00 e. The fraction of sp³-hybridized carbons (Fsp3) is 0.726. The largest absolute Gasteiger partial charge is 1.00 e. The monoisotopic (exact) mass is 2060 g/mol. The number of aliphatic hydroxyl groups excluding tert-OH is 4. The number of nitrogens with zero attached hydrogens (tertiary/aromatic N) is 10. The van der Waals surface area contributed by atoms with Crippen LogP contribution in [-0.4, -0.2) is 297 Å². The van der Waals surface area contributed by atoms with Crippen LogP contribution < -0.4 is 35.2 Å². The SMILES string of the molecule is C.C.C1CCOC1.CC(C)(C)OC(=O)N1CCC[C@@H]1CO.CC(C)(C)OC(=O)OC(=O)OC(C)(C)C.CC(C)[C@H](CC(=O)OCc1ccccc1)c1ncc[nH]1.CC(C)[C@H](N)c1nccn1C[C@H]1CCCN1C.CC(C)[C@H](NC(=O)OCc1ccccc1)c1nccn1C[C@H]1CCCN1C.CN1CCC[C@@H]1CCl.CN1CCC[C@@H]1CO.CO.ClC(Cl)Cl.O=S(Cl)Cl.OC[C@H]1CCCN1.[AlH3].[H-].[Li+]. The minimum absolute atomic E-state index is 0. The summed E-state index contributed by atoms with van der Waals surface area (Å²) in [5.41, 5.74) is 6.32. The molecule has 7 saturated heterocycles. The Morgan fingerprint density at radius 2 is 0.985 bits per heavy atom. The maximum absolute atomic E-state index is 12.4. The van der Waals surface area contributed by atoms with E-state index < -0.39 is 48.7 Å². The van der Waals surface area contributed by atoms with Crippen LogP contribution in [0.15, 0.2) is 97.8 Å². The van der Waals surface area contributed by atoms with Crippen molar-refractivity contribution in [3.63, 3.8) is 0 Å². The zero-order valence-electron chi connectivity index (χ0n) is 83.5. The first-order valence-electron chi connectivity index (χ1n) is 45.5. The van der Waals surface area contributed by atoms with E-state index in [1.165, 1.54) is 83.7 Å². The van der Waals surface area contributed by atoms with Gasteiger partial charge in [-0.05, 0) is 242 Å². The molecule has 9 atom stereocenters. The summed E-state index contributed by atoms with van der Waals surface area (Å²) < 4.78 is 47.4. The number of carbonyl (C=O) groups is 5. The summed E-state index contributed by atoms with van der Waals surface area (Å²) in [5, 5.41) is 39.4. The maximum atomic E-state index is 12.4. The van der Waals surface area contributed by atoms with Crippen LogP contribution in [0.3, 0.4) is 0 Å². The van der Waals surface area contributed by atoms with Gasteiger partial charge in [-0.3, -0.25) is 4.79 Å². The van der Waals surface area contributed by atoms with E-state index in [0.29, 0.717) is 74.8 Å². The number of nitrogens with two attached hydrogens (primary N) is 1. The Bertz CT molecular complexity index is 3750. The minimum atomic E-state index is -1.67. The number of likely N-dealkylation sites (N-methyl/N-ethyl adjacent to an activating group) is 3. The normalized spacial score (nSPS) is 19.0. The maximum Gasteiger partial charge on any atom is 1.00 e. The van der Waals surface area contributed by atoms with Gasteiger partial charge in [0.05, 0.1) is 44.4 Å². The van der Waals surface area contributed by atoms with Crippen molar-refractivity contribution in [2.75, 3.05) is 113 Å². The Kier molecular flexibility index (Phi) is 78.0. The molecule has 7 aliphatic rings. The van der Waals surface area contributed by atoms with Crippen LogP contribution >= 0.6 is 67.8 Å². The molecule has 5 aromatic rings. The third kappa shape index (κ3) is 63.8. The molecule has 31 nitrogen and oxygen atoms in total. The van der Waals surface area contributed by atoms with Gasteiger partial charge in [0.15, 0.2) is 21.7 Å². The molecule has 40 heteroatoms. The summed E-state index contributed by atoms with van der Waals surface area (Å²) in [4.78, 5) is 85.2. The van der Waals surface area contributed by atoms with Crippen LogP contribution in [0.4, 0.5) is 19.2 Å². The van der Waals surface area contributed by atoms with Crippen LogP contribution in [0, 0.1) is 17.8 Å². The van der Waals surface area contributed by atoms with Gasteiger partial charge in [-0.2, -0.15) is 0 Å². The molecule has 776 valence electrons. The molecular formula is C95H172AlCl6LiN14O17S.